The van der Waals surface area contributed by atoms with Gasteiger partial charge in [0.05, 0.1) is 0 Å². The fourth-order valence-corrected chi connectivity index (χ4v) is 4.85. The van der Waals surface area contributed by atoms with Crippen LogP contribution in [0.25, 0.3) is 0 Å². The highest BCUT2D eigenvalue weighted by Crippen LogP contribution is 2.35. The first-order valence-corrected chi connectivity index (χ1v) is 10.0. The second kappa shape index (κ2) is 6.97. The molecule has 0 aliphatic carbocycles. The van der Waals surface area contributed by atoms with E-state index in [1.54, 1.807) is 4.90 Å². The van der Waals surface area contributed by atoms with Crippen LogP contribution < -0.4 is 11.1 Å². The third-order valence-electron chi connectivity index (χ3n) is 6.81. The Kier molecular flexibility index (Phi) is 4.75. The Balaban J connectivity index is 1.50. The van der Waals surface area contributed by atoms with Crippen molar-refractivity contribution in [1.82, 2.24) is 15.1 Å². The lowest BCUT2D eigenvalue weighted by molar-refractivity contribution is -0.136. The molecule has 3 N–H and O–H groups in total. The van der Waals surface area contributed by atoms with Crippen LogP contribution in [0, 0.1) is 5.92 Å². The number of hydrogen-bond donors (Lipinski definition) is 2. The van der Waals surface area contributed by atoms with Crippen LogP contribution in [0.1, 0.15) is 54.6 Å². The molecule has 3 amide bonds. The maximum absolute atomic E-state index is 12.8. The summed E-state index contributed by atoms with van der Waals surface area (Å²) in [5, 5.41) is 2.34. The third kappa shape index (κ3) is 3.12. The summed E-state index contributed by atoms with van der Waals surface area (Å²) in [7, 11) is 0. The minimum Gasteiger partial charge on any atom is -0.330 e. The molecule has 4 rings (SSSR count). The summed E-state index contributed by atoms with van der Waals surface area (Å²) in [5.41, 5.74) is 8.78. The molecule has 2 atom stereocenters. The average molecular weight is 384 g/mol. The molecular weight excluding hydrogens is 356 g/mol. The summed E-state index contributed by atoms with van der Waals surface area (Å²) in [6.07, 6.45) is 1.77. The number of rotatable bonds is 4. The van der Waals surface area contributed by atoms with E-state index in [2.05, 4.69) is 30.1 Å². The predicted molar refractivity (Wildman–Crippen MR) is 104 cm³/mol. The first-order valence-electron chi connectivity index (χ1n) is 10.0. The number of benzene rings is 1. The fourth-order valence-electron chi connectivity index (χ4n) is 4.85. The number of carbonyl (C=O) groups is 3. The zero-order valence-corrected chi connectivity index (χ0v) is 16.5. The molecule has 0 aromatic heterocycles. The molecule has 0 radical (unpaired) electrons. The molecule has 1 aromatic carbocycles. The van der Waals surface area contributed by atoms with Crippen molar-refractivity contribution in [3.63, 3.8) is 0 Å². The molecule has 28 heavy (non-hydrogen) atoms. The number of nitrogens with two attached hydrogens (primary N) is 1. The number of piperidine rings is 1. The molecular formula is C21H28N4O3. The van der Waals surface area contributed by atoms with E-state index in [0.717, 1.165) is 25.1 Å². The second-order valence-corrected chi connectivity index (χ2v) is 8.69. The number of likely N-dealkylation sites (tertiary alicyclic amines) is 1. The lowest BCUT2D eigenvalue weighted by atomic mass is 9.88. The Labute approximate surface area is 165 Å². The van der Waals surface area contributed by atoms with Crippen LogP contribution in [-0.2, 0) is 22.7 Å². The van der Waals surface area contributed by atoms with E-state index in [-0.39, 0.29) is 29.7 Å². The minimum absolute atomic E-state index is 0.0579. The Morgan fingerprint density at radius 3 is 2.68 bits per heavy atom. The topological polar surface area (TPSA) is 95.7 Å². The third-order valence-corrected chi connectivity index (χ3v) is 6.81. The lowest BCUT2D eigenvalue weighted by Crippen LogP contribution is -2.52. The number of fused-ring (bicyclic) bond motifs is 1. The average Bonchev–Trinajstić information content (AvgIpc) is 3.11. The molecule has 0 spiro atoms. The summed E-state index contributed by atoms with van der Waals surface area (Å²) >= 11 is 0. The van der Waals surface area contributed by atoms with Crippen molar-refractivity contribution in [2.45, 2.75) is 57.8 Å². The highest BCUT2D eigenvalue weighted by molar-refractivity contribution is 6.05. The summed E-state index contributed by atoms with van der Waals surface area (Å²) < 4.78 is 0. The van der Waals surface area contributed by atoms with Crippen LogP contribution in [0.2, 0.25) is 0 Å². The maximum Gasteiger partial charge on any atom is 0.255 e. The van der Waals surface area contributed by atoms with Crippen LogP contribution in [0.3, 0.4) is 0 Å². The van der Waals surface area contributed by atoms with E-state index in [1.807, 2.05) is 12.1 Å². The van der Waals surface area contributed by atoms with Crippen molar-refractivity contribution in [2.75, 3.05) is 13.1 Å². The zero-order valence-electron chi connectivity index (χ0n) is 16.5. The van der Waals surface area contributed by atoms with E-state index in [9.17, 15) is 14.4 Å². The van der Waals surface area contributed by atoms with Gasteiger partial charge in [0, 0.05) is 30.6 Å². The highest BCUT2D eigenvalue weighted by atomic mass is 16.2. The number of imide groups is 1. The smallest absolute Gasteiger partial charge is 0.255 e. The van der Waals surface area contributed by atoms with Crippen LogP contribution in [0.5, 0.6) is 0 Å². The number of hydrogen-bond acceptors (Lipinski definition) is 5. The van der Waals surface area contributed by atoms with Gasteiger partial charge >= 0.3 is 0 Å². The van der Waals surface area contributed by atoms with Gasteiger partial charge in [-0.25, -0.2) is 0 Å². The van der Waals surface area contributed by atoms with E-state index in [0.29, 0.717) is 31.0 Å². The van der Waals surface area contributed by atoms with Crippen molar-refractivity contribution in [2.24, 2.45) is 11.7 Å². The van der Waals surface area contributed by atoms with Crippen LogP contribution in [0.4, 0.5) is 0 Å². The van der Waals surface area contributed by atoms with Gasteiger partial charge in [-0.15, -0.1) is 0 Å². The van der Waals surface area contributed by atoms with E-state index < -0.39 is 6.04 Å². The molecule has 2 saturated heterocycles. The van der Waals surface area contributed by atoms with Crippen molar-refractivity contribution in [1.29, 1.82) is 0 Å². The van der Waals surface area contributed by atoms with Crippen molar-refractivity contribution in [3.8, 4) is 0 Å². The van der Waals surface area contributed by atoms with Crippen molar-refractivity contribution >= 4 is 17.7 Å². The molecule has 0 bridgehead atoms. The van der Waals surface area contributed by atoms with Gasteiger partial charge in [-0.3, -0.25) is 24.6 Å². The molecule has 2 fully saturated rings. The Morgan fingerprint density at radius 1 is 1.21 bits per heavy atom. The summed E-state index contributed by atoms with van der Waals surface area (Å²) in [5.74, 6) is -0.270. The SMILES string of the molecule is CC1(C)C(CN)CCN1Cc1ccc2c(c1)CN(C1CCC(=O)NC1=O)C2=O. The second-order valence-electron chi connectivity index (χ2n) is 8.69. The van der Waals surface area contributed by atoms with Gasteiger partial charge in [0.25, 0.3) is 5.91 Å². The van der Waals surface area contributed by atoms with Crippen LogP contribution >= 0.6 is 0 Å². The Hall–Kier alpha value is -2.25. The minimum atomic E-state index is -0.566. The number of carbonyl (C=O) groups excluding carboxylic acids is 3. The molecule has 7 nitrogen and oxygen atoms in total. The molecule has 3 heterocycles. The van der Waals surface area contributed by atoms with Crippen molar-refractivity contribution < 1.29 is 14.4 Å². The van der Waals surface area contributed by atoms with Gasteiger partial charge < -0.3 is 10.6 Å². The number of amides is 3. The van der Waals surface area contributed by atoms with Gasteiger partial charge in [0.1, 0.15) is 6.04 Å². The van der Waals surface area contributed by atoms with Gasteiger partial charge in [-0.05, 0) is 62.9 Å². The first-order chi connectivity index (χ1) is 13.3. The van der Waals surface area contributed by atoms with Crippen LogP contribution in [-0.4, -0.2) is 52.2 Å². The van der Waals surface area contributed by atoms with Crippen molar-refractivity contribution in [3.05, 3.63) is 34.9 Å². The molecule has 3 aliphatic rings. The highest BCUT2D eigenvalue weighted by Gasteiger charge is 2.41. The molecule has 3 aliphatic heterocycles. The van der Waals surface area contributed by atoms with Crippen LogP contribution in [0.15, 0.2) is 18.2 Å². The summed E-state index contributed by atoms with van der Waals surface area (Å²) in [6, 6.07) is 5.41. The fraction of sp³-hybridized carbons (Fsp3) is 0.571. The molecule has 0 saturated carbocycles. The Bertz CT molecular complexity index is 835. The molecule has 1 aromatic rings. The molecule has 150 valence electrons. The lowest BCUT2D eigenvalue weighted by Gasteiger charge is -2.35. The largest absolute Gasteiger partial charge is 0.330 e. The first kappa shape index (κ1) is 19.1. The van der Waals surface area contributed by atoms with E-state index >= 15 is 0 Å². The van der Waals surface area contributed by atoms with Gasteiger partial charge in [0.15, 0.2) is 0 Å². The Morgan fingerprint density at radius 2 is 2.00 bits per heavy atom. The quantitative estimate of drug-likeness (QED) is 0.756. The summed E-state index contributed by atoms with van der Waals surface area (Å²) in [4.78, 5) is 40.4. The van der Waals surface area contributed by atoms with E-state index in [4.69, 9.17) is 5.73 Å². The number of nitrogens with one attached hydrogen (secondary N) is 1. The molecule has 7 heteroatoms. The van der Waals surface area contributed by atoms with E-state index in [1.165, 1.54) is 5.56 Å². The van der Waals surface area contributed by atoms with Gasteiger partial charge in [-0.1, -0.05) is 12.1 Å². The standard InChI is InChI=1S/C21H28N4O3/c1-21(2)15(10-22)7-8-24(21)11-13-3-4-16-14(9-13)12-25(20(16)28)17-5-6-18(26)23-19(17)27/h3-4,9,15,17H,5-8,10-12,22H2,1-2H3,(H,23,26,27). The predicted octanol–water partition coefficient (Wildman–Crippen LogP) is 1.01. The normalized spacial score (nSPS) is 27.2. The summed E-state index contributed by atoms with van der Waals surface area (Å²) in [6.45, 7) is 7.46. The van der Waals surface area contributed by atoms with Gasteiger partial charge in [0.2, 0.25) is 11.8 Å². The monoisotopic (exact) mass is 384 g/mol. The number of nitrogens with zero attached hydrogens (tertiary/aromatic N) is 2. The van der Waals surface area contributed by atoms with Gasteiger partial charge in [-0.2, -0.15) is 0 Å². The maximum atomic E-state index is 12.8. The zero-order chi connectivity index (χ0) is 20.1. The molecule has 2 unspecified atom stereocenters.